The van der Waals surface area contributed by atoms with E-state index in [0.717, 1.165) is 36.1 Å². The Labute approximate surface area is 151 Å². The van der Waals surface area contributed by atoms with E-state index >= 15 is 0 Å². The van der Waals surface area contributed by atoms with Crippen molar-refractivity contribution in [2.75, 3.05) is 5.75 Å². The van der Waals surface area contributed by atoms with E-state index in [1.807, 2.05) is 0 Å². The Kier molecular flexibility index (Phi) is 4.32. The highest BCUT2D eigenvalue weighted by Crippen LogP contribution is 2.35. The quantitative estimate of drug-likeness (QED) is 0.514. The van der Waals surface area contributed by atoms with E-state index in [2.05, 4.69) is 11.1 Å². The van der Waals surface area contributed by atoms with Gasteiger partial charge in [0.1, 0.15) is 10.6 Å². The van der Waals surface area contributed by atoms with Gasteiger partial charge in [-0.25, -0.2) is 9.37 Å². The van der Waals surface area contributed by atoms with Gasteiger partial charge in [-0.15, -0.1) is 11.3 Å². The number of hydrogen-bond acceptors (Lipinski definition) is 5. The molecule has 4 rings (SSSR count). The molecule has 1 aromatic carbocycles. The van der Waals surface area contributed by atoms with Crippen molar-refractivity contribution in [2.24, 2.45) is 0 Å². The average molecular weight is 371 g/mol. The summed E-state index contributed by atoms with van der Waals surface area (Å²) in [7, 11) is 0. The van der Waals surface area contributed by atoms with Gasteiger partial charge in [0.05, 0.1) is 22.9 Å². The predicted molar refractivity (Wildman–Crippen MR) is 98.2 cm³/mol. The fourth-order valence-corrected chi connectivity index (χ4v) is 5.17. The van der Waals surface area contributed by atoms with Crippen molar-refractivity contribution in [3.05, 3.63) is 50.9 Å². The van der Waals surface area contributed by atoms with E-state index in [-0.39, 0.29) is 17.1 Å². The lowest BCUT2D eigenvalue weighted by Gasteiger charge is -2.13. The summed E-state index contributed by atoms with van der Waals surface area (Å²) in [5.41, 5.74) is 1.56. The molecule has 0 fully saturated rings. The summed E-state index contributed by atoms with van der Waals surface area (Å²) in [6.07, 6.45) is 4.12. The van der Waals surface area contributed by atoms with Crippen LogP contribution < -0.4 is 5.56 Å². The van der Waals surface area contributed by atoms with Gasteiger partial charge in [-0.3, -0.25) is 9.36 Å². The number of hydrogen-bond donors (Lipinski definition) is 0. The molecular formula is C18H14FN3OS2. The van der Waals surface area contributed by atoms with Crippen molar-refractivity contribution in [3.8, 4) is 11.8 Å². The molecule has 0 spiro atoms. The number of halogens is 1. The fourth-order valence-electron chi connectivity index (χ4n) is 3.20. The molecule has 2 heterocycles. The van der Waals surface area contributed by atoms with Crippen LogP contribution in [0.2, 0.25) is 0 Å². The highest BCUT2D eigenvalue weighted by molar-refractivity contribution is 7.99. The number of thiophene rings is 1. The Morgan fingerprint density at radius 1 is 1.28 bits per heavy atom. The maximum absolute atomic E-state index is 13.3. The van der Waals surface area contributed by atoms with Crippen LogP contribution in [0.1, 0.15) is 23.3 Å². The largest absolute Gasteiger partial charge is 0.268 e. The monoisotopic (exact) mass is 371 g/mol. The van der Waals surface area contributed by atoms with Crippen LogP contribution >= 0.6 is 23.1 Å². The summed E-state index contributed by atoms with van der Waals surface area (Å²) in [6, 6.07) is 7.86. The third-order valence-corrected chi connectivity index (χ3v) is 6.30. The van der Waals surface area contributed by atoms with Gasteiger partial charge in [-0.2, -0.15) is 5.26 Å². The lowest BCUT2D eigenvalue weighted by atomic mass is 9.97. The normalized spacial score (nSPS) is 13.6. The molecule has 1 aliphatic carbocycles. The molecule has 0 bridgehead atoms. The van der Waals surface area contributed by atoms with Gasteiger partial charge in [0.2, 0.25) is 0 Å². The maximum atomic E-state index is 13.3. The standard InChI is InChI=1S/C18H14FN3OS2/c19-11-5-7-12(8-6-11)22-17(23)15-13-3-1-2-4-14(13)25-16(15)21-18(22)24-10-9-20/h5-8H,1-4,10H2. The van der Waals surface area contributed by atoms with Crippen LogP contribution in [0.3, 0.4) is 0 Å². The second-order valence-corrected chi connectivity index (χ2v) is 7.88. The minimum absolute atomic E-state index is 0.128. The van der Waals surface area contributed by atoms with Crippen molar-refractivity contribution in [1.29, 1.82) is 5.26 Å². The number of aromatic nitrogens is 2. The van der Waals surface area contributed by atoms with Crippen LogP contribution in [0.15, 0.2) is 34.2 Å². The highest BCUT2D eigenvalue weighted by Gasteiger charge is 2.22. The number of nitrogens with zero attached hydrogens (tertiary/aromatic N) is 3. The second-order valence-electron chi connectivity index (χ2n) is 5.85. The van der Waals surface area contributed by atoms with Gasteiger partial charge < -0.3 is 0 Å². The SMILES string of the molecule is N#CCSc1nc2sc3c(c2c(=O)n1-c1ccc(F)cc1)CCCC3. The molecule has 0 radical (unpaired) electrons. The first kappa shape index (κ1) is 16.3. The van der Waals surface area contributed by atoms with Crippen LogP contribution in [-0.2, 0) is 12.8 Å². The Morgan fingerprint density at radius 3 is 2.80 bits per heavy atom. The number of benzene rings is 1. The van der Waals surface area contributed by atoms with E-state index in [4.69, 9.17) is 5.26 Å². The topological polar surface area (TPSA) is 58.7 Å². The van der Waals surface area contributed by atoms with E-state index in [1.54, 1.807) is 23.5 Å². The maximum Gasteiger partial charge on any atom is 0.267 e. The first-order valence-electron chi connectivity index (χ1n) is 8.02. The molecule has 2 aromatic heterocycles. The second kappa shape index (κ2) is 6.62. The molecule has 0 unspecified atom stereocenters. The zero-order valence-electron chi connectivity index (χ0n) is 13.3. The van der Waals surface area contributed by atoms with Crippen LogP contribution in [0, 0.1) is 17.1 Å². The molecule has 1 aliphatic rings. The molecular weight excluding hydrogens is 357 g/mol. The first-order chi connectivity index (χ1) is 12.2. The molecule has 4 nitrogen and oxygen atoms in total. The Hall–Kier alpha value is -2.17. The number of rotatable bonds is 3. The van der Waals surface area contributed by atoms with Gasteiger partial charge in [0.25, 0.3) is 5.56 Å². The zero-order valence-corrected chi connectivity index (χ0v) is 14.9. The molecule has 0 saturated heterocycles. The van der Waals surface area contributed by atoms with E-state index in [1.165, 1.54) is 33.3 Å². The summed E-state index contributed by atoms with van der Waals surface area (Å²) in [6.45, 7) is 0. The van der Waals surface area contributed by atoms with E-state index in [9.17, 15) is 9.18 Å². The van der Waals surface area contributed by atoms with Crippen LogP contribution in [-0.4, -0.2) is 15.3 Å². The van der Waals surface area contributed by atoms with Crippen LogP contribution in [0.25, 0.3) is 15.9 Å². The fraction of sp³-hybridized carbons (Fsp3) is 0.278. The predicted octanol–water partition coefficient (Wildman–Crippen LogP) is 4.08. The summed E-state index contributed by atoms with van der Waals surface area (Å²) in [5, 5.41) is 10.1. The molecule has 3 aromatic rings. The van der Waals surface area contributed by atoms with Crippen molar-refractivity contribution in [1.82, 2.24) is 9.55 Å². The minimum Gasteiger partial charge on any atom is -0.268 e. The minimum atomic E-state index is -0.357. The van der Waals surface area contributed by atoms with E-state index in [0.29, 0.717) is 16.2 Å². The third-order valence-electron chi connectivity index (χ3n) is 4.31. The Balaban J connectivity index is 2.00. The van der Waals surface area contributed by atoms with E-state index < -0.39 is 0 Å². The molecule has 126 valence electrons. The number of fused-ring (bicyclic) bond motifs is 3. The molecule has 0 amide bonds. The smallest absolute Gasteiger partial charge is 0.267 e. The summed E-state index contributed by atoms with van der Waals surface area (Å²) in [4.78, 5) is 19.9. The van der Waals surface area contributed by atoms with Gasteiger partial charge >= 0.3 is 0 Å². The lowest BCUT2D eigenvalue weighted by molar-refractivity contribution is 0.627. The van der Waals surface area contributed by atoms with Gasteiger partial charge in [-0.1, -0.05) is 11.8 Å². The number of nitriles is 1. The van der Waals surface area contributed by atoms with Crippen molar-refractivity contribution in [2.45, 2.75) is 30.8 Å². The van der Waals surface area contributed by atoms with Crippen LogP contribution in [0.4, 0.5) is 4.39 Å². The first-order valence-corrected chi connectivity index (χ1v) is 9.82. The lowest BCUT2D eigenvalue weighted by Crippen LogP contribution is -2.22. The number of thioether (sulfide) groups is 1. The van der Waals surface area contributed by atoms with Crippen molar-refractivity contribution >= 4 is 33.3 Å². The molecule has 0 N–H and O–H groups in total. The Morgan fingerprint density at radius 2 is 2.04 bits per heavy atom. The Bertz CT molecular complexity index is 1050. The van der Waals surface area contributed by atoms with Gasteiger partial charge in [-0.05, 0) is 55.5 Å². The molecule has 0 atom stereocenters. The van der Waals surface area contributed by atoms with Crippen molar-refractivity contribution in [3.63, 3.8) is 0 Å². The third kappa shape index (κ3) is 2.86. The zero-order chi connectivity index (χ0) is 17.4. The van der Waals surface area contributed by atoms with Gasteiger partial charge in [0.15, 0.2) is 5.16 Å². The van der Waals surface area contributed by atoms with Crippen molar-refractivity contribution < 1.29 is 4.39 Å². The molecule has 7 heteroatoms. The van der Waals surface area contributed by atoms with Crippen LogP contribution in [0.5, 0.6) is 0 Å². The average Bonchev–Trinajstić information content (AvgIpc) is 2.99. The number of aryl methyl sites for hydroxylation is 2. The highest BCUT2D eigenvalue weighted by atomic mass is 32.2. The molecule has 0 saturated carbocycles. The molecule has 0 aliphatic heterocycles. The van der Waals surface area contributed by atoms with Gasteiger partial charge in [0, 0.05) is 4.88 Å². The molecule has 25 heavy (non-hydrogen) atoms. The summed E-state index contributed by atoms with van der Waals surface area (Å²) < 4.78 is 14.8. The summed E-state index contributed by atoms with van der Waals surface area (Å²) >= 11 is 2.81. The summed E-state index contributed by atoms with van der Waals surface area (Å²) in [5.74, 6) is -0.158.